The van der Waals surface area contributed by atoms with E-state index in [0.29, 0.717) is 11.2 Å². The third-order valence-electron chi connectivity index (χ3n) is 6.37. The highest BCUT2D eigenvalue weighted by Crippen LogP contribution is 2.34. The van der Waals surface area contributed by atoms with E-state index in [-0.39, 0.29) is 23.5 Å². The van der Waals surface area contributed by atoms with Crippen LogP contribution in [0.25, 0.3) is 22.3 Å². The molecule has 196 valence electrons. The zero-order valence-electron chi connectivity index (χ0n) is 18.9. The minimum absolute atomic E-state index is 0.0747. The molecule has 0 aliphatic carbocycles. The highest BCUT2D eigenvalue weighted by atomic mass is 32.2. The summed E-state index contributed by atoms with van der Waals surface area (Å²) >= 11 is 0.949. The Morgan fingerprint density at radius 1 is 0.919 bits per heavy atom. The molecular weight excluding hydrogens is 512 g/mol. The van der Waals surface area contributed by atoms with Crippen molar-refractivity contribution in [1.29, 1.82) is 0 Å². The molecule has 0 spiro atoms. The molecule has 0 aromatic carbocycles. The van der Waals surface area contributed by atoms with Gasteiger partial charge < -0.3 is 39.1 Å². The number of rotatable bonds is 7. The summed E-state index contributed by atoms with van der Waals surface area (Å²) in [5.74, 6) is 0.132. The van der Waals surface area contributed by atoms with Gasteiger partial charge >= 0.3 is 0 Å². The fourth-order valence-electron chi connectivity index (χ4n) is 4.44. The lowest BCUT2D eigenvalue weighted by molar-refractivity contribution is -0.0458. The summed E-state index contributed by atoms with van der Waals surface area (Å²) in [7, 11) is 0. The summed E-state index contributed by atoms with van der Waals surface area (Å²) in [6.45, 7) is -0.0747. The molecule has 4 aromatic heterocycles. The molecule has 2 aliphatic rings. The molecule has 2 aliphatic heterocycles. The number of imidazole rings is 2. The van der Waals surface area contributed by atoms with Crippen LogP contribution < -0.4 is 5.56 Å². The van der Waals surface area contributed by atoms with Gasteiger partial charge in [0.05, 0.1) is 31.8 Å². The zero-order chi connectivity index (χ0) is 25.7. The minimum Gasteiger partial charge on any atom is -0.387 e. The molecule has 17 heteroatoms. The first-order valence-corrected chi connectivity index (χ1v) is 12.2. The van der Waals surface area contributed by atoms with Crippen LogP contribution in [0.2, 0.25) is 0 Å². The number of hydrogen-bond acceptors (Lipinski definition) is 14. The fraction of sp³-hybridized carbons (Fsp3) is 0.500. The molecule has 16 nitrogen and oxygen atoms in total. The van der Waals surface area contributed by atoms with Gasteiger partial charge in [-0.1, -0.05) is 0 Å². The van der Waals surface area contributed by atoms with Gasteiger partial charge in [-0.2, -0.15) is 0 Å². The van der Waals surface area contributed by atoms with Gasteiger partial charge in [0.25, 0.3) is 5.56 Å². The molecule has 0 saturated carbocycles. The highest BCUT2D eigenvalue weighted by molar-refractivity contribution is 7.94. The summed E-state index contributed by atoms with van der Waals surface area (Å²) in [5, 5.41) is 42.0. The molecule has 0 unspecified atom stereocenters. The van der Waals surface area contributed by atoms with Crippen LogP contribution in [0.15, 0.2) is 36.3 Å². The van der Waals surface area contributed by atoms with Crippen LogP contribution in [0.3, 0.4) is 0 Å². The average molecular weight is 535 g/mol. The van der Waals surface area contributed by atoms with Gasteiger partial charge in [-0.05, 0) is 12.0 Å². The SMILES string of the molecule is O=c1[nH]cnc2c1ncn2[C@@H]1O[C@H](CSOC[C@H]2O[C@@H](n3cnc4cncnc43)[C@H](O)[C@@H]2O)[C@@H](O)[C@H]1O. The van der Waals surface area contributed by atoms with Gasteiger partial charge in [0.2, 0.25) is 0 Å². The number of aliphatic hydroxyl groups is 4. The largest absolute Gasteiger partial charge is 0.387 e. The predicted molar refractivity (Wildman–Crippen MR) is 124 cm³/mol. The molecule has 37 heavy (non-hydrogen) atoms. The van der Waals surface area contributed by atoms with E-state index in [1.165, 1.54) is 40.6 Å². The van der Waals surface area contributed by atoms with Crippen LogP contribution in [0.1, 0.15) is 12.5 Å². The van der Waals surface area contributed by atoms with Crippen molar-refractivity contribution in [2.75, 3.05) is 12.4 Å². The van der Waals surface area contributed by atoms with E-state index in [9.17, 15) is 25.2 Å². The summed E-state index contributed by atoms with van der Waals surface area (Å²) < 4.78 is 20.1. The number of hydrogen-bond donors (Lipinski definition) is 5. The van der Waals surface area contributed by atoms with Gasteiger partial charge in [0.15, 0.2) is 29.3 Å². The normalized spacial score (nSPS) is 32.1. The Morgan fingerprint density at radius 3 is 2.43 bits per heavy atom. The second-order valence-electron chi connectivity index (χ2n) is 8.60. The third kappa shape index (κ3) is 4.18. The van der Waals surface area contributed by atoms with Crippen molar-refractivity contribution in [3.05, 3.63) is 41.9 Å². The Morgan fingerprint density at radius 2 is 1.62 bits per heavy atom. The molecule has 0 radical (unpaired) electrons. The molecule has 4 aromatic rings. The van der Waals surface area contributed by atoms with Crippen LogP contribution >= 0.6 is 12.0 Å². The smallest absolute Gasteiger partial charge is 0.278 e. The Hall–Kier alpha value is -3.03. The van der Waals surface area contributed by atoms with Gasteiger partial charge in [-0.3, -0.25) is 13.9 Å². The Balaban J connectivity index is 1.05. The van der Waals surface area contributed by atoms with Crippen molar-refractivity contribution >= 4 is 34.4 Å². The van der Waals surface area contributed by atoms with Crippen LogP contribution in [0.5, 0.6) is 0 Å². The molecule has 0 amide bonds. The van der Waals surface area contributed by atoms with Crippen molar-refractivity contribution < 1.29 is 34.1 Å². The number of aromatic nitrogens is 8. The standard InChI is InChI=1S/C20H22N8O8S/c29-12-9(35-19(14(12)31)27-6-25-8-1-21-4-22-16(8)27)2-34-37-3-10-13(30)15(32)20(36-10)28-7-26-11-17(28)23-5-24-18(11)33/h1,4-7,9-10,12-15,19-20,29-32H,2-3H2,(H,23,24,33)/t9-,10-,12-,13-,14-,15-,19-,20-/m1/s1. The Labute approximate surface area is 211 Å². The highest BCUT2D eigenvalue weighted by Gasteiger charge is 2.46. The molecule has 8 atom stereocenters. The average Bonchev–Trinajstić information content (AvgIpc) is 3.65. The maximum absolute atomic E-state index is 11.9. The lowest BCUT2D eigenvalue weighted by Gasteiger charge is -2.17. The van der Waals surface area contributed by atoms with Gasteiger partial charge in [0, 0.05) is 5.75 Å². The van der Waals surface area contributed by atoms with E-state index in [0.717, 1.165) is 12.0 Å². The molecular formula is C20H22N8O8S. The van der Waals surface area contributed by atoms with Crippen molar-refractivity contribution in [2.24, 2.45) is 0 Å². The van der Waals surface area contributed by atoms with Crippen molar-refractivity contribution in [2.45, 2.75) is 49.1 Å². The van der Waals surface area contributed by atoms with Crippen molar-refractivity contribution in [1.82, 2.24) is 39.0 Å². The minimum atomic E-state index is -1.30. The monoisotopic (exact) mass is 534 g/mol. The summed E-state index contributed by atoms with van der Waals surface area (Å²) in [5.41, 5.74) is 0.830. The zero-order valence-corrected chi connectivity index (χ0v) is 19.7. The molecule has 6 rings (SSSR count). The fourth-order valence-corrected chi connectivity index (χ4v) is 5.18. The maximum Gasteiger partial charge on any atom is 0.278 e. The molecule has 2 saturated heterocycles. The van der Waals surface area contributed by atoms with E-state index in [4.69, 9.17) is 13.7 Å². The second-order valence-corrected chi connectivity index (χ2v) is 9.41. The van der Waals surface area contributed by atoms with E-state index in [1.54, 1.807) is 0 Å². The van der Waals surface area contributed by atoms with E-state index in [1.807, 2.05) is 0 Å². The quantitative estimate of drug-likeness (QED) is 0.126. The molecule has 0 bridgehead atoms. The first kappa shape index (κ1) is 24.3. The number of aromatic amines is 1. The number of nitrogens with zero attached hydrogens (tertiary/aromatic N) is 7. The number of fused-ring (bicyclic) bond motifs is 2. The first-order chi connectivity index (χ1) is 17.9. The van der Waals surface area contributed by atoms with Crippen LogP contribution in [0.4, 0.5) is 0 Å². The second kappa shape index (κ2) is 9.69. The lowest BCUT2D eigenvalue weighted by atomic mass is 10.1. The van der Waals surface area contributed by atoms with Gasteiger partial charge in [-0.25, -0.2) is 24.9 Å². The molecule has 6 heterocycles. The predicted octanol–water partition coefficient (Wildman–Crippen LogP) is -2.14. The van der Waals surface area contributed by atoms with E-state index < -0.39 is 54.6 Å². The lowest BCUT2D eigenvalue weighted by Crippen LogP contribution is -2.34. The van der Waals surface area contributed by atoms with E-state index >= 15 is 0 Å². The summed E-state index contributed by atoms with van der Waals surface area (Å²) in [6, 6.07) is 0. The third-order valence-corrected chi connectivity index (χ3v) is 7.14. The van der Waals surface area contributed by atoms with Crippen molar-refractivity contribution in [3.63, 3.8) is 0 Å². The van der Waals surface area contributed by atoms with Gasteiger partial charge in [0.1, 0.15) is 48.5 Å². The number of H-pyrrole nitrogens is 1. The molecule has 2 fully saturated rings. The molecule has 5 N–H and O–H groups in total. The summed E-state index contributed by atoms with van der Waals surface area (Å²) in [6.07, 6.45) is -1.74. The topological polar surface area (TPSA) is 216 Å². The maximum atomic E-state index is 11.9. The Bertz CT molecular complexity index is 1460. The first-order valence-electron chi connectivity index (χ1n) is 11.2. The van der Waals surface area contributed by atoms with Crippen LogP contribution in [-0.4, -0.2) is 108 Å². The number of ether oxygens (including phenoxy) is 2. The number of nitrogens with one attached hydrogen (secondary N) is 1. The van der Waals surface area contributed by atoms with Crippen LogP contribution in [0, 0.1) is 0 Å². The summed E-state index contributed by atoms with van der Waals surface area (Å²) in [4.78, 5) is 34.6. The van der Waals surface area contributed by atoms with Crippen molar-refractivity contribution in [3.8, 4) is 0 Å². The van der Waals surface area contributed by atoms with E-state index in [2.05, 4.69) is 29.9 Å². The Kier molecular flexibility index (Phi) is 6.37. The van der Waals surface area contributed by atoms with Crippen LogP contribution in [-0.2, 0) is 13.7 Å². The van der Waals surface area contributed by atoms with Gasteiger partial charge in [-0.15, -0.1) is 0 Å². The number of aliphatic hydroxyl groups excluding tert-OH is 4.